The highest BCUT2D eigenvalue weighted by atomic mass is 35.5. The number of anilines is 1. The van der Waals surface area contributed by atoms with Gasteiger partial charge in [-0.2, -0.15) is 0 Å². The summed E-state index contributed by atoms with van der Waals surface area (Å²) >= 11 is 6.28. The average molecular weight is 520 g/mol. The summed E-state index contributed by atoms with van der Waals surface area (Å²) in [5.41, 5.74) is 0.340. The van der Waals surface area contributed by atoms with Gasteiger partial charge >= 0.3 is 0 Å². The van der Waals surface area contributed by atoms with Crippen molar-refractivity contribution in [2.24, 2.45) is 0 Å². The third-order valence-corrected chi connectivity index (χ3v) is 8.30. The number of carbonyl (C=O) groups is 1. The number of piperidine rings is 1. The first-order chi connectivity index (χ1) is 16.8. The molecule has 1 aliphatic rings. The molecular formula is C25H27ClFN3O4S. The number of likely N-dealkylation sites (tertiary alicyclic amines) is 1. The van der Waals surface area contributed by atoms with Crippen molar-refractivity contribution in [1.82, 2.24) is 10.2 Å². The minimum atomic E-state index is -4.01. The highest BCUT2D eigenvalue weighted by Gasteiger charge is 2.27. The molecule has 35 heavy (non-hydrogen) atoms. The van der Waals surface area contributed by atoms with Crippen LogP contribution in [-0.2, 0) is 10.0 Å². The molecule has 2 aromatic carbocycles. The van der Waals surface area contributed by atoms with Crippen LogP contribution in [0.25, 0.3) is 0 Å². The minimum Gasteiger partial charge on any atom is -0.468 e. The number of furan rings is 1. The van der Waals surface area contributed by atoms with Gasteiger partial charge in [0.2, 0.25) is 0 Å². The Morgan fingerprint density at radius 1 is 1.14 bits per heavy atom. The van der Waals surface area contributed by atoms with Gasteiger partial charge in [-0.3, -0.25) is 14.0 Å². The topological polar surface area (TPSA) is 82.9 Å². The third kappa shape index (κ3) is 5.69. The molecule has 0 unspecified atom stereocenters. The molecule has 0 bridgehead atoms. The van der Waals surface area contributed by atoms with Crippen molar-refractivity contribution in [3.63, 3.8) is 0 Å². The Hall–Kier alpha value is -2.88. The molecule has 2 heterocycles. The van der Waals surface area contributed by atoms with Crippen LogP contribution in [0.15, 0.2) is 70.2 Å². The van der Waals surface area contributed by atoms with Gasteiger partial charge in [-0.05, 0) is 80.5 Å². The first kappa shape index (κ1) is 25.2. The van der Waals surface area contributed by atoms with E-state index < -0.39 is 21.7 Å². The monoisotopic (exact) mass is 519 g/mol. The maximum Gasteiger partial charge on any atom is 0.264 e. The second-order valence-electron chi connectivity index (χ2n) is 8.43. The number of nitrogens with zero attached hydrogens (tertiary/aromatic N) is 2. The quantitative estimate of drug-likeness (QED) is 0.460. The van der Waals surface area contributed by atoms with Crippen LogP contribution in [0.1, 0.15) is 41.4 Å². The molecule has 1 aliphatic heterocycles. The zero-order valence-corrected chi connectivity index (χ0v) is 20.9. The molecule has 1 N–H and O–H groups in total. The van der Waals surface area contributed by atoms with Gasteiger partial charge in [-0.15, -0.1) is 0 Å². The number of sulfonamides is 1. The lowest BCUT2D eigenvalue weighted by atomic mass is 10.1. The summed E-state index contributed by atoms with van der Waals surface area (Å²) in [6.07, 6.45) is 4.95. The molecule has 0 saturated carbocycles. The van der Waals surface area contributed by atoms with Crippen LogP contribution in [0.5, 0.6) is 0 Å². The molecule has 0 spiro atoms. The van der Waals surface area contributed by atoms with Gasteiger partial charge in [0.25, 0.3) is 15.9 Å². The summed E-state index contributed by atoms with van der Waals surface area (Å²) in [4.78, 5) is 15.3. The van der Waals surface area contributed by atoms with Crippen LogP contribution in [0.3, 0.4) is 0 Å². The van der Waals surface area contributed by atoms with Gasteiger partial charge in [0, 0.05) is 13.6 Å². The summed E-state index contributed by atoms with van der Waals surface area (Å²) in [6.45, 7) is 2.10. The molecular weight excluding hydrogens is 493 g/mol. The Labute approximate surface area is 209 Å². The van der Waals surface area contributed by atoms with Crippen molar-refractivity contribution in [2.45, 2.75) is 30.2 Å². The first-order valence-corrected chi connectivity index (χ1v) is 13.2. The standard InChI is InChI=1S/C25H27ClFN3O4S/c1-29(19-9-7-18(27)8-10-19)35(32,33)20-11-12-22(26)21(16-20)25(31)28-17-23(24-6-5-15-34-24)30-13-3-2-4-14-30/h5-12,15-16,23H,2-4,13-14,17H2,1H3,(H,28,31)/t23-/m1/s1. The van der Waals surface area contributed by atoms with Crippen LogP contribution >= 0.6 is 11.6 Å². The van der Waals surface area contributed by atoms with Crippen LogP contribution < -0.4 is 9.62 Å². The zero-order valence-electron chi connectivity index (χ0n) is 19.3. The van der Waals surface area contributed by atoms with Crippen molar-refractivity contribution < 1.29 is 22.0 Å². The number of halogens is 2. The van der Waals surface area contributed by atoms with E-state index in [2.05, 4.69) is 10.2 Å². The van der Waals surface area contributed by atoms with Crippen molar-refractivity contribution in [1.29, 1.82) is 0 Å². The van der Waals surface area contributed by atoms with E-state index in [4.69, 9.17) is 16.0 Å². The van der Waals surface area contributed by atoms with Gasteiger partial charge < -0.3 is 9.73 Å². The molecule has 186 valence electrons. The van der Waals surface area contributed by atoms with E-state index in [-0.39, 0.29) is 33.8 Å². The SMILES string of the molecule is CN(c1ccc(F)cc1)S(=O)(=O)c1ccc(Cl)c(C(=O)NC[C@H](c2ccco2)N2CCCCC2)c1. The summed E-state index contributed by atoms with van der Waals surface area (Å²) in [6, 6.07) is 12.6. The Balaban J connectivity index is 1.53. The molecule has 7 nitrogen and oxygen atoms in total. The van der Waals surface area contributed by atoms with Gasteiger partial charge in [-0.25, -0.2) is 12.8 Å². The van der Waals surface area contributed by atoms with Crippen molar-refractivity contribution in [3.05, 3.63) is 83.0 Å². The molecule has 1 fully saturated rings. The number of hydrogen-bond acceptors (Lipinski definition) is 5. The second kappa shape index (κ2) is 10.8. The molecule has 1 saturated heterocycles. The van der Waals surface area contributed by atoms with Crippen molar-refractivity contribution in [2.75, 3.05) is 31.0 Å². The highest BCUT2D eigenvalue weighted by molar-refractivity contribution is 7.92. The van der Waals surface area contributed by atoms with E-state index in [1.807, 2.05) is 12.1 Å². The van der Waals surface area contributed by atoms with Gasteiger partial charge in [0.05, 0.1) is 33.5 Å². The predicted molar refractivity (Wildman–Crippen MR) is 133 cm³/mol. The predicted octanol–water partition coefficient (Wildman–Crippen LogP) is 4.85. The van der Waals surface area contributed by atoms with E-state index in [0.29, 0.717) is 0 Å². The van der Waals surface area contributed by atoms with Crippen molar-refractivity contribution in [3.8, 4) is 0 Å². The Kier molecular flexibility index (Phi) is 7.78. The smallest absolute Gasteiger partial charge is 0.264 e. The van der Waals surface area contributed by atoms with E-state index in [1.165, 1.54) is 55.9 Å². The lowest BCUT2D eigenvalue weighted by molar-refractivity contribution is 0.0914. The van der Waals surface area contributed by atoms with Gasteiger partial charge in [0.15, 0.2) is 0 Å². The number of benzene rings is 2. The maximum absolute atomic E-state index is 13.3. The summed E-state index contributed by atoms with van der Waals surface area (Å²) in [7, 11) is -2.65. The molecule has 4 rings (SSSR count). The minimum absolute atomic E-state index is 0.0529. The number of amides is 1. The van der Waals surface area contributed by atoms with Crippen LogP contribution in [-0.4, -0.2) is 45.9 Å². The fraction of sp³-hybridized carbons (Fsp3) is 0.320. The van der Waals surface area contributed by atoms with Gasteiger partial charge in [0.1, 0.15) is 11.6 Å². The summed E-state index contributed by atoms with van der Waals surface area (Å²) < 4.78 is 46.2. The largest absolute Gasteiger partial charge is 0.468 e. The molecule has 1 amide bonds. The Bertz CT molecular complexity index is 1260. The fourth-order valence-corrected chi connectivity index (χ4v) is 5.62. The van der Waals surface area contributed by atoms with Crippen LogP contribution in [0.4, 0.5) is 10.1 Å². The molecule has 1 aromatic heterocycles. The summed E-state index contributed by atoms with van der Waals surface area (Å²) in [5.74, 6) is -0.192. The molecule has 0 aliphatic carbocycles. The maximum atomic E-state index is 13.3. The first-order valence-electron chi connectivity index (χ1n) is 11.4. The number of carbonyl (C=O) groups excluding carboxylic acids is 1. The lowest BCUT2D eigenvalue weighted by Gasteiger charge is -2.33. The Morgan fingerprint density at radius 3 is 2.51 bits per heavy atom. The normalized spacial score (nSPS) is 15.5. The Morgan fingerprint density at radius 2 is 1.86 bits per heavy atom. The van der Waals surface area contributed by atoms with Crippen LogP contribution in [0.2, 0.25) is 5.02 Å². The molecule has 1 atom stereocenters. The fourth-order valence-electron chi connectivity index (χ4n) is 4.19. The lowest BCUT2D eigenvalue weighted by Crippen LogP contribution is -2.40. The second-order valence-corrected chi connectivity index (χ2v) is 10.8. The van der Waals surface area contributed by atoms with E-state index in [1.54, 1.807) is 6.26 Å². The molecule has 0 radical (unpaired) electrons. The average Bonchev–Trinajstić information content (AvgIpc) is 3.39. The summed E-state index contributed by atoms with van der Waals surface area (Å²) in [5, 5.41) is 3.03. The molecule has 3 aromatic rings. The number of rotatable bonds is 8. The van der Waals surface area contributed by atoms with E-state index in [9.17, 15) is 17.6 Å². The van der Waals surface area contributed by atoms with Crippen LogP contribution in [0, 0.1) is 5.82 Å². The third-order valence-electron chi connectivity index (χ3n) is 6.19. The zero-order chi connectivity index (χ0) is 25.0. The molecule has 10 heteroatoms. The number of hydrogen-bond donors (Lipinski definition) is 1. The van der Waals surface area contributed by atoms with Gasteiger partial charge in [-0.1, -0.05) is 18.0 Å². The van der Waals surface area contributed by atoms with E-state index >= 15 is 0 Å². The highest BCUT2D eigenvalue weighted by Crippen LogP contribution is 2.27. The number of nitrogens with one attached hydrogen (secondary N) is 1. The van der Waals surface area contributed by atoms with E-state index in [0.717, 1.165) is 36.0 Å². The van der Waals surface area contributed by atoms with Crippen molar-refractivity contribution >= 4 is 33.2 Å².